The predicted molar refractivity (Wildman–Crippen MR) is 117 cm³/mol. The summed E-state index contributed by atoms with van der Waals surface area (Å²) in [6, 6.07) is 15.6. The van der Waals surface area contributed by atoms with Gasteiger partial charge in [-0.2, -0.15) is 5.10 Å². The Balaban J connectivity index is 1.72. The lowest BCUT2D eigenvalue weighted by molar-refractivity contribution is -0.116. The summed E-state index contributed by atoms with van der Waals surface area (Å²) in [5.41, 5.74) is 4.22. The minimum absolute atomic E-state index is 0.0955. The van der Waals surface area contributed by atoms with E-state index in [1.807, 2.05) is 48.0 Å². The van der Waals surface area contributed by atoms with Crippen LogP contribution >= 0.6 is 23.2 Å². The molecule has 3 aromatic rings. The van der Waals surface area contributed by atoms with Gasteiger partial charge in [-0.3, -0.25) is 4.79 Å². The second kappa shape index (κ2) is 7.60. The van der Waals surface area contributed by atoms with Gasteiger partial charge < -0.3 is 4.74 Å². The summed E-state index contributed by atoms with van der Waals surface area (Å²) < 4.78 is 8.21. The number of fused-ring (bicyclic) bond motifs is 1. The van der Waals surface area contributed by atoms with Crippen LogP contribution in [-0.4, -0.2) is 15.6 Å². The third kappa shape index (κ3) is 3.15. The van der Waals surface area contributed by atoms with E-state index in [9.17, 15) is 4.79 Å². The minimum atomic E-state index is -0.373. The number of aryl methyl sites for hydroxylation is 1. The van der Waals surface area contributed by atoms with Crippen molar-refractivity contribution in [1.29, 1.82) is 0 Å². The normalized spacial score (nSPS) is 18.1. The van der Waals surface area contributed by atoms with Crippen molar-refractivity contribution in [3.8, 4) is 5.88 Å². The monoisotopic (exact) mass is 438 g/mol. The molecular formula is C24H20Cl2N2O2. The maximum atomic E-state index is 13.0. The van der Waals surface area contributed by atoms with E-state index in [2.05, 4.69) is 12.1 Å². The molecule has 152 valence electrons. The van der Waals surface area contributed by atoms with Crippen LogP contribution in [0.25, 0.3) is 0 Å². The van der Waals surface area contributed by atoms with Crippen molar-refractivity contribution in [3.63, 3.8) is 0 Å². The Kier molecular flexibility index (Phi) is 4.92. The molecule has 30 heavy (non-hydrogen) atoms. The number of aromatic nitrogens is 2. The molecule has 2 heterocycles. The van der Waals surface area contributed by atoms with Gasteiger partial charge in [-0.1, -0.05) is 59.6 Å². The Morgan fingerprint density at radius 1 is 1.03 bits per heavy atom. The van der Waals surface area contributed by atoms with Crippen LogP contribution in [0.1, 0.15) is 47.6 Å². The highest BCUT2D eigenvalue weighted by atomic mass is 35.5. The summed E-state index contributed by atoms with van der Waals surface area (Å²) >= 11 is 13.2. The van der Waals surface area contributed by atoms with Crippen LogP contribution in [0.4, 0.5) is 0 Å². The minimum Gasteiger partial charge on any atom is -0.443 e. The molecule has 0 fully saturated rings. The molecule has 0 N–H and O–H groups in total. The standard InChI is InChI=1S/C24H20Cl2N2O2/c1-14-20-23(21-16(25)9-5-10-17(21)26)22-18(29)11-6-12-19(22)30-24(20)28(27-14)13-15-7-3-2-4-8-15/h2-5,7-10,23H,6,11-13H2,1H3. The average molecular weight is 439 g/mol. The molecular weight excluding hydrogens is 419 g/mol. The van der Waals surface area contributed by atoms with E-state index in [4.69, 9.17) is 33.0 Å². The fourth-order valence-electron chi connectivity index (χ4n) is 4.48. The molecule has 1 atom stereocenters. The maximum Gasteiger partial charge on any atom is 0.222 e. The number of allylic oxidation sites excluding steroid dienone is 2. The highest BCUT2D eigenvalue weighted by Crippen LogP contribution is 2.51. The molecule has 2 aliphatic rings. The van der Waals surface area contributed by atoms with Crippen molar-refractivity contribution in [2.75, 3.05) is 0 Å². The van der Waals surface area contributed by atoms with Crippen molar-refractivity contribution in [3.05, 3.63) is 92.3 Å². The van der Waals surface area contributed by atoms with E-state index in [0.29, 0.717) is 46.6 Å². The topological polar surface area (TPSA) is 44.1 Å². The fraction of sp³-hybridized carbons (Fsp3) is 0.250. The van der Waals surface area contributed by atoms with Gasteiger partial charge in [-0.25, -0.2) is 4.68 Å². The smallest absolute Gasteiger partial charge is 0.222 e. The molecule has 0 saturated carbocycles. The molecule has 5 rings (SSSR count). The number of halogens is 2. The Morgan fingerprint density at radius 3 is 2.50 bits per heavy atom. The lowest BCUT2D eigenvalue weighted by atomic mass is 9.77. The van der Waals surface area contributed by atoms with Crippen molar-refractivity contribution >= 4 is 29.0 Å². The molecule has 4 nitrogen and oxygen atoms in total. The van der Waals surface area contributed by atoms with Gasteiger partial charge in [0, 0.05) is 39.6 Å². The zero-order valence-corrected chi connectivity index (χ0v) is 18.0. The first-order valence-corrected chi connectivity index (χ1v) is 10.8. The van der Waals surface area contributed by atoms with E-state index in [1.165, 1.54) is 0 Å². The zero-order valence-electron chi connectivity index (χ0n) is 16.5. The summed E-state index contributed by atoms with van der Waals surface area (Å²) in [7, 11) is 0. The number of Topliss-reactive ketones (excluding diaryl/α,β-unsaturated/α-hetero) is 1. The molecule has 0 spiro atoms. The third-order valence-corrected chi connectivity index (χ3v) is 6.45. The molecule has 1 aliphatic heterocycles. The van der Waals surface area contributed by atoms with Gasteiger partial charge in [-0.05, 0) is 31.0 Å². The number of ether oxygens (including phenoxy) is 1. The van der Waals surface area contributed by atoms with Crippen molar-refractivity contribution in [2.45, 2.75) is 38.6 Å². The highest BCUT2D eigenvalue weighted by molar-refractivity contribution is 6.36. The Bertz CT molecular complexity index is 1160. The van der Waals surface area contributed by atoms with Gasteiger partial charge in [0.2, 0.25) is 5.88 Å². The number of carbonyl (C=O) groups is 1. The highest BCUT2D eigenvalue weighted by Gasteiger charge is 2.41. The van der Waals surface area contributed by atoms with E-state index < -0.39 is 0 Å². The number of rotatable bonds is 3. The molecule has 2 aromatic carbocycles. The second-order valence-corrected chi connectivity index (χ2v) is 8.55. The summed E-state index contributed by atoms with van der Waals surface area (Å²) in [6.07, 6.45) is 2.00. The lowest BCUT2D eigenvalue weighted by Gasteiger charge is -2.32. The maximum absolute atomic E-state index is 13.0. The summed E-state index contributed by atoms with van der Waals surface area (Å²) in [5.74, 6) is 1.11. The van der Waals surface area contributed by atoms with Crippen LogP contribution in [0.2, 0.25) is 10.0 Å². The third-order valence-electron chi connectivity index (χ3n) is 5.79. The first kappa shape index (κ1) is 19.4. The number of hydrogen-bond donors (Lipinski definition) is 0. The first-order chi connectivity index (χ1) is 14.5. The summed E-state index contributed by atoms with van der Waals surface area (Å²) in [4.78, 5) is 13.0. The van der Waals surface area contributed by atoms with E-state index in [-0.39, 0.29) is 11.7 Å². The van der Waals surface area contributed by atoms with Crippen molar-refractivity contribution < 1.29 is 9.53 Å². The molecule has 1 unspecified atom stereocenters. The first-order valence-electron chi connectivity index (χ1n) is 10.0. The fourth-order valence-corrected chi connectivity index (χ4v) is 5.09. The summed E-state index contributed by atoms with van der Waals surface area (Å²) in [5, 5.41) is 5.86. The molecule has 0 saturated heterocycles. The van der Waals surface area contributed by atoms with Crippen LogP contribution in [-0.2, 0) is 11.3 Å². The number of hydrogen-bond acceptors (Lipinski definition) is 3. The van der Waals surface area contributed by atoms with E-state index in [0.717, 1.165) is 28.8 Å². The van der Waals surface area contributed by atoms with E-state index >= 15 is 0 Å². The zero-order chi connectivity index (χ0) is 20.8. The molecule has 0 bridgehead atoms. The van der Waals surface area contributed by atoms with Crippen LogP contribution < -0.4 is 4.74 Å². The van der Waals surface area contributed by atoms with Gasteiger partial charge in [0.25, 0.3) is 0 Å². The van der Waals surface area contributed by atoms with Crippen molar-refractivity contribution in [1.82, 2.24) is 9.78 Å². The molecule has 0 radical (unpaired) electrons. The van der Waals surface area contributed by atoms with Gasteiger partial charge in [-0.15, -0.1) is 0 Å². The van der Waals surface area contributed by atoms with Crippen LogP contribution in [0, 0.1) is 6.92 Å². The quantitative estimate of drug-likeness (QED) is 0.497. The molecule has 1 aliphatic carbocycles. The molecule has 6 heteroatoms. The second-order valence-electron chi connectivity index (χ2n) is 7.73. The van der Waals surface area contributed by atoms with Crippen molar-refractivity contribution in [2.24, 2.45) is 0 Å². The van der Waals surface area contributed by atoms with Gasteiger partial charge >= 0.3 is 0 Å². The number of carbonyl (C=O) groups excluding carboxylic acids is 1. The van der Waals surface area contributed by atoms with Crippen LogP contribution in [0.15, 0.2) is 59.9 Å². The van der Waals surface area contributed by atoms with Gasteiger partial charge in [0.05, 0.1) is 18.2 Å². The number of ketones is 1. The van der Waals surface area contributed by atoms with Gasteiger partial charge in [0.15, 0.2) is 5.78 Å². The molecule has 0 amide bonds. The number of benzene rings is 2. The lowest BCUT2D eigenvalue weighted by Crippen LogP contribution is -2.26. The molecule has 1 aromatic heterocycles. The summed E-state index contributed by atoms with van der Waals surface area (Å²) in [6.45, 7) is 2.52. The van der Waals surface area contributed by atoms with Crippen LogP contribution in [0.5, 0.6) is 5.88 Å². The van der Waals surface area contributed by atoms with Crippen LogP contribution in [0.3, 0.4) is 0 Å². The Hall–Kier alpha value is -2.56. The predicted octanol–water partition coefficient (Wildman–Crippen LogP) is 6.08. The Morgan fingerprint density at radius 2 is 1.77 bits per heavy atom. The Labute approximate surface area is 185 Å². The van der Waals surface area contributed by atoms with Gasteiger partial charge in [0.1, 0.15) is 5.76 Å². The average Bonchev–Trinajstić information content (AvgIpc) is 3.03. The SMILES string of the molecule is Cc1nn(Cc2ccccc2)c2c1C(c1c(Cl)cccc1Cl)C1=C(CCCC1=O)O2. The largest absolute Gasteiger partial charge is 0.443 e. The van der Waals surface area contributed by atoms with E-state index in [1.54, 1.807) is 0 Å². The number of nitrogens with zero attached hydrogens (tertiary/aromatic N) is 2.